The van der Waals surface area contributed by atoms with Crippen molar-refractivity contribution < 1.29 is 14.3 Å². The van der Waals surface area contributed by atoms with Gasteiger partial charge in [0.2, 0.25) is 0 Å². The van der Waals surface area contributed by atoms with E-state index < -0.39 is 0 Å². The molecular weight excluding hydrogens is 406 g/mol. The molecule has 1 aliphatic rings. The van der Waals surface area contributed by atoms with E-state index in [0.29, 0.717) is 30.3 Å². The van der Waals surface area contributed by atoms with Gasteiger partial charge in [0.1, 0.15) is 0 Å². The summed E-state index contributed by atoms with van der Waals surface area (Å²) in [6, 6.07) is 15.4. The number of carbonyl (C=O) groups is 1. The zero-order valence-corrected chi connectivity index (χ0v) is 19.0. The lowest BCUT2D eigenvalue weighted by Gasteiger charge is -2.36. The first-order valence-electron chi connectivity index (χ1n) is 10.7. The fraction of sp³-hybridized carbons (Fsp3) is 0.333. The summed E-state index contributed by atoms with van der Waals surface area (Å²) in [5.41, 5.74) is 4.97. The number of nitrogens with zero attached hydrogens (tertiary/aromatic N) is 4. The van der Waals surface area contributed by atoms with Crippen LogP contribution < -0.4 is 19.7 Å². The van der Waals surface area contributed by atoms with Gasteiger partial charge < -0.3 is 24.6 Å². The first-order valence-corrected chi connectivity index (χ1v) is 10.7. The van der Waals surface area contributed by atoms with Crippen molar-refractivity contribution in [1.82, 2.24) is 14.7 Å². The highest BCUT2D eigenvalue weighted by atomic mass is 16.5. The Balaban J connectivity index is 1.41. The van der Waals surface area contributed by atoms with Gasteiger partial charge in [0.15, 0.2) is 11.5 Å². The van der Waals surface area contributed by atoms with Crippen LogP contribution in [0.5, 0.6) is 11.5 Å². The van der Waals surface area contributed by atoms with Crippen LogP contribution >= 0.6 is 0 Å². The number of para-hydroxylation sites is 1. The number of rotatable bonds is 5. The monoisotopic (exact) mass is 435 g/mol. The zero-order valence-electron chi connectivity index (χ0n) is 19.0. The highest BCUT2D eigenvalue weighted by Crippen LogP contribution is 2.30. The number of piperazine rings is 1. The number of carbonyl (C=O) groups excluding carboxylic acids is 1. The molecule has 2 aromatic carbocycles. The van der Waals surface area contributed by atoms with Crippen LogP contribution in [0.2, 0.25) is 0 Å². The van der Waals surface area contributed by atoms with Gasteiger partial charge in [-0.1, -0.05) is 18.2 Å². The third-order valence-corrected chi connectivity index (χ3v) is 5.77. The number of anilines is 2. The van der Waals surface area contributed by atoms with E-state index in [0.717, 1.165) is 35.9 Å². The summed E-state index contributed by atoms with van der Waals surface area (Å²) in [4.78, 5) is 16.9. The number of urea groups is 1. The summed E-state index contributed by atoms with van der Waals surface area (Å²) >= 11 is 0. The Kier molecular flexibility index (Phi) is 6.20. The van der Waals surface area contributed by atoms with Gasteiger partial charge in [-0.3, -0.25) is 0 Å². The first-order chi connectivity index (χ1) is 15.5. The Morgan fingerprint density at radius 2 is 1.62 bits per heavy atom. The molecule has 0 unspecified atom stereocenters. The molecule has 1 N–H and O–H groups in total. The van der Waals surface area contributed by atoms with E-state index in [1.807, 2.05) is 34.7 Å². The van der Waals surface area contributed by atoms with Crippen LogP contribution in [0.4, 0.5) is 16.2 Å². The van der Waals surface area contributed by atoms with Crippen molar-refractivity contribution in [2.24, 2.45) is 0 Å². The standard InChI is InChI=1S/C24H29N5O3/c1-17-23(18(2)29(26-17)20-8-6-5-7-9-20)27-12-14-28(15-13-27)24(30)25-19-10-11-21(31-3)22(16-19)32-4/h5-11,16H,12-15H2,1-4H3,(H,25,30). The first kappa shape index (κ1) is 21.5. The molecule has 1 saturated heterocycles. The van der Waals surface area contributed by atoms with Crippen LogP contribution in [0.3, 0.4) is 0 Å². The molecule has 4 rings (SSSR count). The topological polar surface area (TPSA) is 71.9 Å². The predicted molar refractivity (Wildman–Crippen MR) is 125 cm³/mol. The zero-order chi connectivity index (χ0) is 22.7. The molecule has 8 nitrogen and oxygen atoms in total. The van der Waals surface area contributed by atoms with Crippen LogP contribution in [0.25, 0.3) is 5.69 Å². The van der Waals surface area contributed by atoms with Crippen molar-refractivity contribution in [2.45, 2.75) is 13.8 Å². The second-order valence-corrected chi connectivity index (χ2v) is 7.74. The van der Waals surface area contributed by atoms with Crippen LogP contribution in [0.1, 0.15) is 11.4 Å². The highest BCUT2D eigenvalue weighted by Gasteiger charge is 2.25. The molecule has 168 valence electrons. The maximum absolute atomic E-state index is 12.8. The molecule has 1 aromatic heterocycles. The third-order valence-electron chi connectivity index (χ3n) is 5.77. The van der Waals surface area contributed by atoms with Crippen LogP contribution in [0, 0.1) is 13.8 Å². The second-order valence-electron chi connectivity index (χ2n) is 7.74. The Labute approximate surface area is 188 Å². The number of benzene rings is 2. The Bertz CT molecular complexity index is 1090. The minimum atomic E-state index is -0.120. The van der Waals surface area contributed by atoms with Crippen LogP contribution in [-0.2, 0) is 0 Å². The van der Waals surface area contributed by atoms with Gasteiger partial charge in [-0.25, -0.2) is 9.48 Å². The molecule has 0 aliphatic carbocycles. The summed E-state index contributed by atoms with van der Waals surface area (Å²) < 4.78 is 12.6. The SMILES string of the molecule is COc1ccc(NC(=O)N2CCN(c3c(C)nn(-c4ccccc4)c3C)CC2)cc1OC. The largest absolute Gasteiger partial charge is 0.493 e. The number of nitrogens with one attached hydrogen (secondary N) is 1. The number of hydrogen-bond donors (Lipinski definition) is 1. The Hall–Kier alpha value is -3.68. The Morgan fingerprint density at radius 1 is 0.938 bits per heavy atom. The molecule has 3 aromatic rings. The number of hydrogen-bond acceptors (Lipinski definition) is 5. The van der Waals surface area contributed by atoms with Crippen molar-refractivity contribution in [3.8, 4) is 17.2 Å². The second kappa shape index (κ2) is 9.21. The third kappa shape index (κ3) is 4.21. The number of aryl methyl sites for hydroxylation is 1. The van der Waals surface area contributed by atoms with Gasteiger partial charge in [-0.2, -0.15) is 5.10 Å². The van der Waals surface area contributed by atoms with Gasteiger partial charge in [-0.05, 0) is 38.1 Å². The molecule has 0 bridgehead atoms. The van der Waals surface area contributed by atoms with Gasteiger partial charge in [-0.15, -0.1) is 0 Å². The summed E-state index contributed by atoms with van der Waals surface area (Å²) in [5.74, 6) is 1.21. The molecular formula is C24H29N5O3. The van der Waals surface area contributed by atoms with Gasteiger partial charge >= 0.3 is 6.03 Å². The van der Waals surface area contributed by atoms with E-state index in [1.54, 1.807) is 32.4 Å². The van der Waals surface area contributed by atoms with E-state index in [1.165, 1.54) is 0 Å². The molecule has 8 heteroatoms. The normalized spacial score (nSPS) is 13.8. The van der Waals surface area contributed by atoms with Crippen LogP contribution in [-0.4, -0.2) is 61.1 Å². The van der Waals surface area contributed by atoms with Crippen LogP contribution in [0.15, 0.2) is 48.5 Å². The lowest BCUT2D eigenvalue weighted by Crippen LogP contribution is -2.50. The van der Waals surface area contributed by atoms with E-state index in [2.05, 4.69) is 29.3 Å². The molecule has 0 spiro atoms. The number of aromatic nitrogens is 2. The fourth-order valence-corrected chi connectivity index (χ4v) is 4.16. The minimum Gasteiger partial charge on any atom is -0.493 e. The van der Waals surface area contributed by atoms with Crippen molar-refractivity contribution in [3.63, 3.8) is 0 Å². The molecule has 1 aliphatic heterocycles. The predicted octanol–water partition coefficient (Wildman–Crippen LogP) is 3.86. The average molecular weight is 436 g/mol. The molecule has 0 radical (unpaired) electrons. The molecule has 2 heterocycles. The Morgan fingerprint density at radius 3 is 2.28 bits per heavy atom. The van der Waals surface area contributed by atoms with Gasteiger partial charge in [0.25, 0.3) is 0 Å². The van der Waals surface area contributed by atoms with Gasteiger partial charge in [0, 0.05) is 37.9 Å². The number of amides is 2. The molecule has 0 saturated carbocycles. The molecule has 1 fully saturated rings. The summed E-state index contributed by atoms with van der Waals surface area (Å²) in [6.07, 6.45) is 0. The minimum absolute atomic E-state index is 0.120. The molecule has 2 amide bonds. The van der Waals surface area contributed by atoms with Crippen molar-refractivity contribution in [3.05, 3.63) is 59.9 Å². The van der Waals surface area contributed by atoms with E-state index in [-0.39, 0.29) is 6.03 Å². The molecule has 0 atom stereocenters. The van der Waals surface area contributed by atoms with E-state index in [4.69, 9.17) is 14.6 Å². The maximum atomic E-state index is 12.8. The van der Waals surface area contributed by atoms with Crippen molar-refractivity contribution in [1.29, 1.82) is 0 Å². The number of ether oxygens (including phenoxy) is 2. The summed E-state index contributed by atoms with van der Waals surface area (Å²) in [5, 5.41) is 7.71. The smallest absolute Gasteiger partial charge is 0.321 e. The number of methoxy groups -OCH3 is 2. The molecule has 32 heavy (non-hydrogen) atoms. The maximum Gasteiger partial charge on any atom is 0.321 e. The van der Waals surface area contributed by atoms with E-state index >= 15 is 0 Å². The van der Waals surface area contributed by atoms with Crippen molar-refractivity contribution in [2.75, 3.05) is 50.6 Å². The van der Waals surface area contributed by atoms with Gasteiger partial charge in [0.05, 0.1) is 37.0 Å². The van der Waals surface area contributed by atoms with Crippen molar-refractivity contribution >= 4 is 17.4 Å². The summed E-state index contributed by atoms with van der Waals surface area (Å²) in [6.45, 7) is 6.91. The quantitative estimate of drug-likeness (QED) is 0.659. The lowest BCUT2D eigenvalue weighted by molar-refractivity contribution is 0.208. The fourth-order valence-electron chi connectivity index (χ4n) is 4.16. The lowest BCUT2D eigenvalue weighted by atomic mass is 10.2. The highest BCUT2D eigenvalue weighted by molar-refractivity contribution is 5.90. The average Bonchev–Trinajstić information content (AvgIpc) is 3.13. The summed E-state index contributed by atoms with van der Waals surface area (Å²) in [7, 11) is 3.16. The van der Waals surface area contributed by atoms with E-state index in [9.17, 15) is 4.79 Å².